The van der Waals surface area contributed by atoms with E-state index in [4.69, 9.17) is 11.6 Å². The number of halogens is 6. The highest BCUT2D eigenvalue weighted by atomic mass is 35.5. The molecule has 16 heteroatoms. The predicted molar refractivity (Wildman–Crippen MR) is 135 cm³/mol. The number of rotatable bonds is 7. The first-order valence-corrected chi connectivity index (χ1v) is 12.7. The highest BCUT2D eigenvalue weighted by Crippen LogP contribution is 2.43. The van der Waals surface area contributed by atoms with Gasteiger partial charge in [0.1, 0.15) is 22.0 Å². The second kappa shape index (κ2) is 10.9. The van der Waals surface area contributed by atoms with Crippen LogP contribution in [0.1, 0.15) is 10.4 Å². The molecular formula is C23H19ClF5N7O2S. The third-order valence-corrected chi connectivity index (χ3v) is 7.09. The topological polar surface area (TPSA) is 87.9 Å². The van der Waals surface area contributed by atoms with E-state index < -0.39 is 25.2 Å². The molecule has 4 aromatic rings. The van der Waals surface area contributed by atoms with Gasteiger partial charge < -0.3 is 15.0 Å². The molecule has 1 fully saturated rings. The van der Waals surface area contributed by atoms with Crippen LogP contribution in [0.25, 0.3) is 16.9 Å². The number of alkyl halides is 5. The number of nitrogens with zero attached hydrogens (tertiary/aromatic N) is 6. The molecule has 206 valence electrons. The summed E-state index contributed by atoms with van der Waals surface area (Å²) in [7, 11) is 0. The summed E-state index contributed by atoms with van der Waals surface area (Å²) in [5.41, 5.74) is 0.678. The monoisotopic (exact) mass is 587 g/mol. The molecule has 1 amide bonds. The number of aromatic nitrogens is 4. The molecule has 0 saturated carbocycles. The van der Waals surface area contributed by atoms with Crippen LogP contribution < -0.4 is 15.0 Å². The molecule has 9 nitrogen and oxygen atoms in total. The Labute approximate surface area is 226 Å². The lowest BCUT2D eigenvalue weighted by Gasteiger charge is -2.34. The molecule has 0 radical (unpaired) electrons. The number of hydrogen-bond donors (Lipinski definition) is 1. The molecular weight excluding hydrogens is 569 g/mol. The zero-order chi connectivity index (χ0) is 27.7. The van der Waals surface area contributed by atoms with Crippen molar-refractivity contribution in [3.63, 3.8) is 0 Å². The smallest absolute Gasteiger partial charge is 0.401 e. The van der Waals surface area contributed by atoms with Gasteiger partial charge in [0.05, 0.1) is 12.7 Å². The normalized spacial score (nSPS) is 14.8. The fourth-order valence-electron chi connectivity index (χ4n) is 4.11. The zero-order valence-corrected chi connectivity index (χ0v) is 21.4. The van der Waals surface area contributed by atoms with Gasteiger partial charge in [0.15, 0.2) is 10.8 Å². The second-order valence-electron chi connectivity index (χ2n) is 8.47. The Bertz CT molecular complexity index is 1490. The molecule has 1 saturated heterocycles. The van der Waals surface area contributed by atoms with Gasteiger partial charge in [-0.05, 0) is 24.3 Å². The number of amides is 1. The maximum Gasteiger partial charge on any atom is 0.401 e. The van der Waals surface area contributed by atoms with Crippen LogP contribution >= 0.6 is 22.9 Å². The van der Waals surface area contributed by atoms with Gasteiger partial charge in [-0.3, -0.25) is 9.69 Å². The third kappa shape index (κ3) is 6.20. The van der Waals surface area contributed by atoms with E-state index in [0.717, 1.165) is 11.3 Å². The zero-order valence-electron chi connectivity index (χ0n) is 19.8. The number of nitrogens with one attached hydrogen (secondary N) is 1. The summed E-state index contributed by atoms with van der Waals surface area (Å²) in [6.07, 6.45) is 0.147. The quantitative estimate of drug-likeness (QED) is 0.303. The van der Waals surface area contributed by atoms with Crippen molar-refractivity contribution in [2.45, 2.75) is 12.8 Å². The summed E-state index contributed by atoms with van der Waals surface area (Å²) in [4.78, 5) is 25.0. The van der Waals surface area contributed by atoms with Crippen molar-refractivity contribution in [1.29, 1.82) is 0 Å². The second-order valence-corrected chi connectivity index (χ2v) is 9.89. The lowest BCUT2D eigenvalue weighted by atomic mass is 10.1. The van der Waals surface area contributed by atoms with Crippen molar-refractivity contribution in [3.8, 4) is 17.0 Å². The van der Waals surface area contributed by atoms with Gasteiger partial charge in [-0.1, -0.05) is 22.9 Å². The Balaban J connectivity index is 1.49. The van der Waals surface area contributed by atoms with Crippen molar-refractivity contribution >= 4 is 44.6 Å². The standard InChI is InChI=1S/C23H19ClF5N7O2S/c24-13-2-3-16(38-21(25)26)14(10-13)17-20(33-19(37)15-11-31-36-5-1-4-30-18(15)36)39-22(32-17)35-8-6-34(7-9-35)12-23(27,28)29/h1-5,10-11,21H,6-9,12H2,(H,33,37). The molecule has 0 atom stereocenters. The minimum Gasteiger partial charge on any atom is -0.434 e. The van der Waals surface area contributed by atoms with Crippen molar-refractivity contribution in [1.82, 2.24) is 24.5 Å². The maximum absolute atomic E-state index is 13.2. The lowest BCUT2D eigenvalue weighted by molar-refractivity contribution is -0.146. The molecule has 5 rings (SSSR count). The summed E-state index contributed by atoms with van der Waals surface area (Å²) >= 11 is 7.20. The predicted octanol–water partition coefficient (Wildman–Crippen LogP) is 5.04. The number of fused-ring (bicyclic) bond motifs is 1. The Morgan fingerprint density at radius 2 is 1.97 bits per heavy atom. The van der Waals surface area contributed by atoms with E-state index in [9.17, 15) is 26.7 Å². The molecule has 1 aromatic carbocycles. The van der Waals surface area contributed by atoms with Gasteiger partial charge in [-0.2, -0.15) is 27.1 Å². The highest BCUT2D eigenvalue weighted by Gasteiger charge is 2.33. The summed E-state index contributed by atoms with van der Waals surface area (Å²) in [6, 6.07) is 5.66. The summed E-state index contributed by atoms with van der Waals surface area (Å²) in [6.45, 7) is -3.39. The molecule has 1 N–H and O–H groups in total. The third-order valence-electron chi connectivity index (χ3n) is 5.83. The number of thiazole rings is 1. The summed E-state index contributed by atoms with van der Waals surface area (Å²) in [5.74, 6) is -0.789. The number of carbonyl (C=O) groups is 1. The number of anilines is 2. The summed E-state index contributed by atoms with van der Waals surface area (Å²) in [5, 5.41) is 7.65. The average Bonchev–Trinajstić information content (AvgIpc) is 3.49. The Morgan fingerprint density at radius 3 is 2.69 bits per heavy atom. The van der Waals surface area contributed by atoms with Gasteiger partial charge in [0, 0.05) is 49.2 Å². The van der Waals surface area contributed by atoms with E-state index in [2.05, 4.69) is 25.1 Å². The van der Waals surface area contributed by atoms with Crippen molar-refractivity contribution in [3.05, 3.63) is 53.4 Å². The lowest BCUT2D eigenvalue weighted by Crippen LogP contribution is -2.49. The Kier molecular flexibility index (Phi) is 7.55. The van der Waals surface area contributed by atoms with Gasteiger partial charge in [-0.25, -0.2) is 14.5 Å². The summed E-state index contributed by atoms with van der Waals surface area (Å²) < 4.78 is 70.8. The largest absolute Gasteiger partial charge is 0.434 e. The highest BCUT2D eigenvalue weighted by molar-refractivity contribution is 7.20. The van der Waals surface area contributed by atoms with Crippen LogP contribution in [0.3, 0.4) is 0 Å². The van der Waals surface area contributed by atoms with E-state index >= 15 is 0 Å². The van der Waals surface area contributed by atoms with Crippen LogP contribution in [-0.4, -0.2) is 75.9 Å². The van der Waals surface area contributed by atoms with E-state index in [1.165, 1.54) is 40.0 Å². The fourth-order valence-corrected chi connectivity index (χ4v) is 5.31. The Morgan fingerprint density at radius 1 is 1.21 bits per heavy atom. The van der Waals surface area contributed by atoms with Gasteiger partial charge >= 0.3 is 12.8 Å². The molecule has 3 aromatic heterocycles. The maximum atomic E-state index is 13.2. The van der Waals surface area contributed by atoms with Crippen LogP contribution in [0.5, 0.6) is 5.75 Å². The van der Waals surface area contributed by atoms with Crippen LogP contribution in [-0.2, 0) is 0 Å². The number of ether oxygens (including phenoxy) is 1. The molecule has 1 aliphatic heterocycles. The van der Waals surface area contributed by atoms with Crippen LogP contribution in [0.2, 0.25) is 5.02 Å². The van der Waals surface area contributed by atoms with E-state index in [1.54, 1.807) is 17.2 Å². The molecule has 0 bridgehead atoms. The number of benzene rings is 1. The minimum atomic E-state index is -4.31. The minimum absolute atomic E-state index is 0.106. The number of carbonyl (C=O) groups excluding carboxylic acids is 1. The van der Waals surface area contributed by atoms with Gasteiger partial charge in [0.2, 0.25) is 0 Å². The molecule has 1 aliphatic rings. The van der Waals surface area contributed by atoms with E-state index in [1.807, 2.05) is 0 Å². The number of piperazine rings is 1. The average molecular weight is 588 g/mol. The van der Waals surface area contributed by atoms with Gasteiger partial charge in [0.25, 0.3) is 5.91 Å². The van der Waals surface area contributed by atoms with Crippen molar-refractivity contribution < 1.29 is 31.5 Å². The first-order chi connectivity index (χ1) is 18.6. The molecule has 39 heavy (non-hydrogen) atoms. The molecule has 0 unspecified atom stereocenters. The van der Waals surface area contributed by atoms with Crippen LogP contribution in [0.4, 0.5) is 32.1 Å². The number of hydrogen-bond acceptors (Lipinski definition) is 8. The molecule has 0 aliphatic carbocycles. The van der Waals surface area contributed by atoms with Crippen LogP contribution in [0, 0.1) is 0 Å². The van der Waals surface area contributed by atoms with Gasteiger partial charge in [-0.15, -0.1) is 0 Å². The van der Waals surface area contributed by atoms with Crippen molar-refractivity contribution in [2.24, 2.45) is 0 Å². The van der Waals surface area contributed by atoms with E-state index in [0.29, 0.717) is 10.8 Å². The first-order valence-electron chi connectivity index (χ1n) is 11.5. The van der Waals surface area contributed by atoms with Crippen LogP contribution in [0.15, 0.2) is 42.9 Å². The SMILES string of the molecule is O=C(Nc1sc(N2CCN(CC(F)(F)F)CC2)nc1-c1cc(Cl)ccc1OC(F)F)c1cnn2cccnc12. The fraction of sp³-hybridized carbons (Fsp3) is 0.304. The van der Waals surface area contributed by atoms with Crippen molar-refractivity contribution in [2.75, 3.05) is 42.9 Å². The first kappa shape index (κ1) is 27.0. The van der Waals surface area contributed by atoms with E-state index in [-0.39, 0.29) is 58.8 Å². The molecule has 4 heterocycles. The molecule has 0 spiro atoms. The Hall–Kier alpha value is -3.56.